The first-order chi connectivity index (χ1) is 9.41. The van der Waals surface area contributed by atoms with Crippen molar-refractivity contribution in [1.82, 2.24) is 5.32 Å². The minimum absolute atomic E-state index is 0.0442. The van der Waals surface area contributed by atoms with Crippen LogP contribution in [0.3, 0.4) is 0 Å². The molecule has 1 amide bonds. The average molecular weight is 287 g/mol. The van der Waals surface area contributed by atoms with Gasteiger partial charge in [-0.05, 0) is 5.56 Å². The molecule has 1 fully saturated rings. The van der Waals surface area contributed by atoms with Crippen LogP contribution in [0.2, 0.25) is 0 Å². The summed E-state index contributed by atoms with van der Waals surface area (Å²) in [4.78, 5) is 11.5. The van der Waals surface area contributed by atoms with Gasteiger partial charge >= 0.3 is 6.09 Å². The van der Waals surface area contributed by atoms with Crippen molar-refractivity contribution in [1.29, 1.82) is 0 Å². The van der Waals surface area contributed by atoms with E-state index in [0.717, 1.165) is 12.7 Å². The third-order valence-electron chi connectivity index (χ3n) is 3.21. The lowest BCUT2D eigenvalue weighted by Crippen LogP contribution is -2.50. The molecule has 1 aromatic rings. The van der Waals surface area contributed by atoms with Crippen molar-refractivity contribution < 1.29 is 28.2 Å². The lowest BCUT2D eigenvalue weighted by atomic mass is 10.2. The molecule has 0 aromatic heterocycles. The molecule has 5 nitrogen and oxygen atoms in total. The molecule has 2 N–H and O–H groups in total. The molecule has 0 saturated heterocycles. The molecule has 0 spiro atoms. The molecule has 7 heteroatoms. The number of hydrogen-bond donors (Lipinski definition) is 2. The normalized spacial score (nSPS) is 24.8. The number of alkyl halides is 2. The van der Waals surface area contributed by atoms with Crippen LogP contribution in [-0.2, 0) is 16.1 Å². The van der Waals surface area contributed by atoms with E-state index in [0.29, 0.717) is 0 Å². The molecule has 2 rings (SSSR count). The smallest absolute Gasteiger partial charge is 0.408 e. The highest BCUT2D eigenvalue weighted by Crippen LogP contribution is 2.54. The average Bonchev–Trinajstić information content (AvgIpc) is 2.99. The van der Waals surface area contributed by atoms with Crippen LogP contribution >= 0.6 is 0 Å². The Hall–Kier alpha value is -1.73. The van der Waals surface area contributed by atoms with Gasteiger partial charge in [-0.2, -0.15) is 0 Å². The fraction of sp³-hybridized carbons (Fsp3) is 0.462. The van der Waals surface area contributed by atoms with Gasteiger partial charge in [-0.1, -0.05) is 30.3 Å². The molecule has 0 aliphatic heterocycles. The van der Waals surface area contributed by atoms with E-state index in [1.165, 1.54) is 0 Å². The summed E-state index contributed by atoms with van der Waals surface area (Å²) < 4.78 is 35.9. The lowest BCUT2D eigenvalue weighted by Gasteiger charge is -2.22. The number of amides is 1. The predicted octanol–water partition coefficient (Wildman–Crippen LogP) is 1.66. The molecule has 0 heterocycles. The molecule has 0 radical (unpaired) electrons. The number of carbonyl (C=O) groups is 1. The van der Waals surface area contributed by atoms with Crippen LogP contribution in [0.25, 0.3) is 0 Å². The summed E-state index contributed by atoms with van der Waals surface area (Å²) in [5, 5.41) is 11.4. The van der Waals surface area contributed by atoms with Gasteiger partial charge in [0.1, 0.15) is 6.61 Å². The second-order valence-corrected chi connectivity index (χ2v) is 4.63. The Morgan fingerprint density at radius 2 is 2.05 bits per heavy atom. The zero-order valence-corrected chi connectivity index (χ0v) is 10.8. The fourth-order valence-corrected chi connectivity index (χ4v) is 1.91. The first-order valence-electron chi connectivity index (χ1n) is 5.99. The van der Waals surface area contributed by atoms with Crippen molar-refractivity contribution in [3.8, 4) is 0 Å². The van der Waals surface area contributed by atoms with Crippen molar-refractivity contribution >= 4 is 6.09 Å². The Morgan fingerprint density at radius 3 is 2.55 bits per heavy atom. The number of hydrogen-bond acceptors (Lipinski definition) is 4. The van der Waals surface area contributed by atoms with Gasteiger partial charge in [-0.3, -0.25) is 0 Å². The zero-order valence-electron chi connectivity index (χ0n) is 10.8. The first-order valence-corrected chi connectivity index (χ1v) is 5.99. The highest BCUT2D eigenvalue weighted by molar-refractivity contribution is 5.69. The van der Waals surface area contributed by atoms with Gasteiger partial charge in [0.25, 0.3) is 5.92 Å². The van der Waals surface area contributed by atoms with Gasteiger partial charge < -0.3 is 19.9 Å². The number of rotatable bonds is 5. The van der Waals surface area contributed by atoms with E-state index >= 15 is 0 Å². The van der Waals surface area contributed by atoms with Crippen LogP contribution in [0, 0.1) is 0 Å². The van der Waals surface area contributed by atoms with Gasteiger partial charge in [0.2, 0.25) is 0 Å². The number of carbonyl (C=O) groups excluding carboxylic acids is 1. The van der Waals surface area contributed by atoms with Crippen molar-refractivity contribution in [3.05, 3.63) is 35.9 Å². The summed E-state index contributed by atoms with van der Waals surface area (Å²) in [6.45, 7) is -0.0442. The number of benzene rings is 1. The Bertz CT molecular complexity index is 483. The third kappa shape index (κ3) is 2.73. The molecule has 0 bridgehead atoms. The fourth-order valence-electron chi connectivity index (χ4n) is 1.91. The Morgan fingerprint density at radius 1 is 1.45 bits per heavy atom. The van der Waals surface area contributed by atoms with Crippen LogP contribution in [-0.4, -0.2) is 36.1 Å². The Balaban J connectivity index is 1.91. The van der Waals surface area contributed by atoms with Gasteiger partial charge in [-0.15, -0.1) is 0 Å². The summed E-state index contributed by atoms with van der Waals surface area (Å²) in [5.74, 6) is -3.21. The molecular formula is C13H15F2NO4. The SMILES string of the molecule is COC(O)C1(NC(=O)OCc2ccccc2)CC1(F)F. The molecule has 1 aliphatic carbocycles. The topological polar surface area (TPSA) is 67.8 Å². The highest BCUT2D eigenvalue weighted by Gasteiger charge is 2.76. The quantitative estimate of drug-likeness (QED) is 0.808. The number of ether oxygens (including phenoxy) is 2. The van der Waals surface area contributed by atoms with Crippen LogP contribution in [0.5, 0.6) is 0 Å². The Labute approximate surface area is 114 Å². The number of methoxy groups -OCH3 is 1. The van der Waals surface area contributed by atoms with Gasteiger partial charge in [0.05, 0.1) is 0 Å². The van der Waals surface area contributed by atoms with Crippen molar-refractivity contribution in [2.75, 3.05) is 7.11 Å². The van der Waals surface area contributed by atoms with E-state index in [-0.39, 0.29) is 6.61 Å². The molecule has 1 aromatic carbocycles. The second kappa shape index (κ2) is 5.34. The van der Waals surface area contributed by atoms with Crippen LogP contribution in [0.4, 0.5) is 13.6 Å². The summed E-state index contributed by atoms with van der Waals surface area (Å²) in [6.07, 6.45) is -3.50. The van der Waals surface area contributed by atoms with E-state index in [4.69, 9.17) is 4.74 Å². The van der Waals surface area contributed by atoms with E-state index in [9.17, 15) is 18.7 Å². The molecule has 1 saturated carbocycles. The van der Waals surface area contributed by atoms with Gasteiger partial charge in [-0.25, -0.2) is 13.6 Å². The van der Waals surface area contributed by atoms with E-state index in [1.54, 1.807) is 30.3 Å². The molecule has 2 unspecified atom stereocenters. The number of aliphatic hydroxyl groups is 1. The largest absolute Gasteiger partial charge is 0.445 e. The summed E-state index contributed by atoms with van der Waals surface area (Å²) in [5.41, 5.74) is -1.37. The third-order valence-corrected chi connectivity index (χ3v) is 3.21. The maximum absolute atomic E-state index is 13.3. The summed E-state index contributed by atoms with van der Waals surface area (Å²) >= 11 is 0. The minimum Gasteiger partial charge on any atom is -0.445 e. The predicted molar refractivity (Wildman–Crippen MR) is 65.1 cm³/mol. The number of halogens is 2. The summed E-state index contributed by atoms with van der Waals surface area (Å²) in [7, 11) is 1.08. The zero-order chi connectivity index (χ0) is 14.8. The van der Waals surface area contributed by atoms with E-state index in [2.05, 4.69) is 4.74 Å². The lowest BCUT2D eigenvalue weighted by molar-refractivity contribution is -0.128. The number of aliphatic hydroxyl groups excluding tert-OH is 1. The molecule has 110 valence electrons. The van der Waals surface area contributed by atoms with Crippen LogP contribution in [0.1, 0.15) is 12.0 Å². The van der Waals surface area contributed by atoms with Crippen molar-refractivity contribution in [3.63, 3.8) is 0 Å². The molecule has 2 atom stereocenters. The standard InChI is InChI=1S/C13H15F2NO4/c1-19-10(17)12(8-13(12,14)15)16-11(18)20-7-9-5-3-2-4-6-9/h2-6,10,17H,7-8H2,1H3,(H,16,18). The highest BCUT2D eigenvalue weighted by atomic mass is 19.3. The second-order valence-electron chi connectivity index (χ2n) is 4.63. The van der Waals surface area contributed by atoms with Crippen molar-refractivity contribution in [2.24, 2.45) is 0 Å². The Kier molecular flexibility index (Phi) is 3.92. The van der Waals surface area contributed by atoms with Crippen LogP contribution < -0.4 is 5.32 Å². The van der Waals surface area contributed by atoms with E-state index in [1.807, 2.05) is 5.32 Å². The first kappa shape index (κ1) is 14.7. The summed E-state index contributed by atoms with van der Waals surface area (Å²) in [6, 6.07) is 8.80. The van der Waals surface area contributed by atoms with Crippen LogP contribution in [0.15, 0.2) is 30.3 Å². The van der Waals surface area contributed by atoms with Gasteiger partial charge in [0, 0.05) is 13.5 Å². The minimum atomic E-state index is -3.21. The molecule has 1 aliphatic rings. The maximum atomic E-state index is 13.3. The number of alkyl carbamates (subject to hydrolysis) is 1. The van der Waals surface area contributed by atoms with Crippen molar-refractivity contribution in [2.45, 2.75) is 30.8 Å². The monoisotopic (exact) mass is 287 g/mol. The molecule has 20 heavy (non-hydrogen) atoms. The molecular weight excluding hydrogens is 272 g/mol. The van der Waals surface area contributed by atoms with Gasteiger partial charge in [0.15, 0.2) is 11.8 Å². The number of nitrogens with one attached hydrogen (secondary N) is 1. The maximum Gasteiger partial charge on any atom is 0.408 e. The van der Waals surface area contributed by atoms with E-state index < -0.39 is 30.3 Å².